The van der Waals surface area contributed by atoms with Crippen LogP contribution in [0, 0.1) is 0 Å². The van der Waals surface area contributed by atoms with Crippen molar-refractivity contribution >= 4 is 48.5 Å². The Balaban J connectivity index is 0.000000705. The van der Waals surface area contributed by atoms with Crippen molar-refractivity contribution in [1.82, 2.24) is 0 Å². The Kier molecular flexibility index (Phi) is 56.2. The number of carbonyl (C=O) groups excluding carboxylic acids is 3. The Morgan fingerprint density at radius 1 is 0.277 bits per heavy atom. The molecule has 0 bridgehead atoms. The first-order valence-electron chi connectivity index (χ1n) is 34.3. The van der Waals surface area contributed by atoms with Gasteiger partial charge in [-0.05, 0) is 154 Å². The first kappa shape index (κ1) is 86.5. The average Bonchev–Trinajstić information content (AvgIpc) is 1.89. The van der Waals surface area contributed by atoms with Gasteiger partial charge in [0.1, 0.15) is 35.7 Å². The number of hydrogen-bond acceptors (Lipinski definition) is 15. The van der Waals surface area contributed by atoms with Gasteiger partial charge in [0.15, 0.2) is 0 Å². The van der Waals surface area contributed by atoms with Crippen LogP contribution in [0.3, 0.4) is 0 Å². The van der Waals surface area contributed by atoms with E-state index in [9.17, 15) is 39.6 Å². The zero-order valence-corrected chi connectivity index (χ0v) is 59.3. The highest BCUT2D eigenvalue weighted by Crippen LogP contribution is 2.20. The standard InChI is InChI=1S/C26H40O5S.C26H38O5S.C24H36O5S/c2*1-2-3-4-5-6-7-8-9-10-11-12-13-14-15-16-17-18-19-20-21-25(27)22-23-26-24-30-32(28,29)31-26;1-2-3-4-5-6-7-8-9-10-11-12-13-14-15-16-17-18-19-23(25)20-21-24-22-28-30(26,27)29-24/h6-7,9-10,12-13,15-16,18-19,26H,2-5,8,11,14,17,20-24H2,1H3;3-4,6-7,9-10,12-13,15-16,18-19,26H,2,5,8,11,14,17,20-24H2,1H3;3-4,6-7,9-10,12-13,15-16,24H,2,5,8,11,14,17-22H2,1H3/b7-6-,10-9-,13-12-,16-15-,19-18-;4-3-,7-6-,10-9-,13-12-,16-15-,19-18-;4-3-,7-6-,10-9-,13-12-,16-15-. The van der Waals surface area contributed by atoms with Crippen molar-refractivity contribution in [2.75, 3.05) is 19.8 Å². The number of unbranched alkanes of at least 4 members (excludes halogenated alkanes) is 4. The van der Waals surface area contributed by atoms with Crippen molar-refractivity contribution in [3.05, 3.63) is 194 Å². The van der Waals surface area contributed by atoms with E-state index in [0.717, 1.165) is 109 Å². The lowest BCUT2D eigenvalue weighted by molar-refractivity contribution is -0.120. The first-order chi connectivity index (χ1) is 45.6. The molecule has 18 heteroatoms. The Hall–Kier alpha value is -5.54. The van der Waals surface area contributed by atoms with Crippen molar-refractivity contribution in [1.29, 1.82) is 0 Å². The third kappa shape index (κ3) is 59.0. The summed E-state index contributed by atoms with van der Waals surface area (Å²) in [5, 5.41) is 0. The fourth-order valence-electron chi connectivity index (χ4n) is 8.63. The normalized spacial score (nSPS) is 19.2. The number of Topliss-reactive ketones (excluding diaryl/α,β-unsaturated/α-hetero) is 3. The fourth-order valence-corrected chi connectivity index (χ4v) is 11.2. The van der Waals surface area contributed by atoms with E-state index in [0.29, 0.717) is 70.6 Å². The molecule has 0 N–H and O–H groups in total. The fraction of sp³-hybridized carbons (Fsp3) is 0.539. The smallest absolute Gasteiger partial charge is 0.300 e. The quantitative estimate of drug-likeness (QED) is 0.0410. The van der Waals surface area contributed by atoms with Gasteiger partial charge < -0.3 is 0 Å². The van der Waals surface area contributed by atoms with E-state index >= 15 is 0 Å². The van der Waals surface area contributed by atoms with Crippen LogP contribution in [0.1, 0.15) is 226 Å². The van der Waals surface area contributed by atoms with E-state index in [1.807, 2.05) is 12.2 Å². The molecule has 0 spiro atoms. The van der Waals surface area contributed by atoms with Crippen LogP contribution in [0.15, 0.2) is 194 Å². The lowest BCUT2D eigenvalue weighted by atomic mass is 10.1. The summed E-state index contributed by atoms with van der Waals surface area (Å²) < 4.78 is 93.6. The summed E-state index contributed by atoms with van der Waals surface area (Å²) in [6.45, 7) is 6.53. The van der Waals surface area contributed by atoms with Crippen LogP contribution in [-0.4, -0.2) is 80.7 Å². The van der Waals surface area contributed by atoms with Crippen molar-refractivity contribution in [2.45, 2.75) is 245 Å². The molecule has 3 fully saturated rings. The Morgan fingerprint density at radius 3 is 0.734 bits per heavy atom. The van der Waals surface area contributed by atoms with Gasteiger partial charge in [-0.15, -0.1) is 0 Å². The number of ketones is 3. The van der Waals surface area contributed by atoms with Gasteiger partial charge in [0.05, 0.1) is 19.8 Å². The van der Waals surface area contributed by atoms with E-state index in [2.05, 4.69) is 216 Å². The number of allylic oxidation sites excluding steroid dienone is 32. The SMILES string of the molecule is CC/C=C\C/C=C\C/C=C\C/C=C\C/C=C\C/C=C\CCC(=O)CCC1COS(=O)(=O)O1.CC/C=C\C/C=C\C/C=C\C/C=C\C/C=C\CCCC(=O)CCC1COS(=O)(=O)O1.CCCCC/C=C\C/C=C\C/C=C\C/C=C\C/C=C\CCC(=O)CCC1COS(=O)(=O)O1. The molecule has 94 heavy (non-hydrogen) atoms. The Labute approximate surface area is 568 Å². The molecular formula is C76H114O15S3. The summed E-state index contributed by atoms with van der Waals surface area (Å²) in [6, 6.07) is 0. The Bertz CT molecular complexity index is 2850. The summed E-state index contributed by atoms with van der Waals surface area (Å²) in [6.07, 6.45) is 93.8. The van der Waals surface area contributed by atoms with Gasteiger partial charge >= 0.3 is 31.2 Å². The molecule has 3 saturated heterocycles. The van der Waals surface area contributed by atoms with Gasteiger partial charge in [-0.1, -0.05) is 228 Å². The third-order valence-corrected chi connectivity index (χ3v) is 16.6. The van der Waals surface area contributed by atoms with Gasteiger partial charge in [-0.2, -0.15) is 25.3 Å². The second kappa shape index (κ2) is 61.1. The molecule has 526 valence electrons. The summed E-state index contributed by atoms with van der Waals surface area (Å²) in [5.41, 5.74) is 0. The molecule has 0 saturated carbocycles. The first-order valence-corrected chi connectivity index (χ1v) is 38.3. The van der Waals surface area contributed by atoms with Crippen LogP contribution >= 0.6 is 0 Å². The summed E-state index contributed by atoms with van der Waals surface area (Å²) in [5.74, 6) is 0.355. The van der Waals surface area contributed by atoms with E-state index in [4.69, 9.17) is 12.5 Å². The topological polar surface area (TPSA) is 209 Å². The maximum atomic E-state index is 11.8. The van der Waals surface area contributed by atoms with E-state index in [1.54, 1.807) is 0 Å². The molecule has 0 radical (unpaired) electrons. The minimum absolute atomic E-state index is 0.00274. The van der Waals surface area contributed by atoms with Crippen molar-refractivity contribution in [2.24, 2.45) is 0 Å². The molecule has 0 aliphatic carbocycles. The number of rotatable bonds is 51. The lowest BCUT2D eigenvalue weighted by Crippen LogP contribution is -2.12. The molecule has 3 rings (SSSR count). The maximum Gasteiger partial charge on any atom is 0.400 e. The molecule has 0 amide bonds. The third-order valence-electron chi connectivity index (χ3n) is 13.8. The molecule has 3 aliphatic rings. The van der Waals surface area contributed by atoms with Crippen molar-refractivity contribution < 1.29 is 64.7 Å². The molecule has 15 nitrogen and oxygen atoms in total. The van der Waals surface area contributed by atoms with Crippen LogP contribution in [-0.2, 0) is 70.7 Å². The molecule has 3 unspecified atom stereocenters. The number of carbonyl (C=O) groups is 3. The zero-order chi connectivity index (χ0) is 68.6. The minimum Gasteiger partial charge on any atom is -0.300 e. The average molecular weight is 1360 g/mol. The van der Waals surface area contributed by atoms with E-state index < -0.39 is 49.5 Å². The van der Waals surface area contributed by atoms with E-state index in [1.165, 1.54) is 25.7 Å². The molecule has 0 aromatic rings. The highest BCUT2D eigenvalue weighted by atomic mass is 32.3. The summed E-state index contributed by atoms with van der Waals surface area (Å²) >= 11 is 0. The van der Waals surface area contributed by atoms with Crippen LogP contribution in [0.2, 0.25) is 0 Å². The van der Waals surface area contributed by atoms with Gasteiger partial charge in [-0.25, -0.2) is 25.1 Å². The van der Waals surface area contributed by atoms with Crippen molar-refractivity contribution in [3.8, 4) is 0 Å². The molecular weight excluding hydrogens is 1250 g/mol. The predicted octanol–water partition coefficient (Wildman–Crippen LogP) is 19.1. The summed E-state index contributed by atoms with van der Waals surface area (Å²) in [4.78, 5) is 35.5. The monoisotopic (exact) mass is 1360 g/mol. The van der Waals surface area contributed by atoms with Crippen LogP contribution in [0.4, 0.5) is 0 Å². The highest BCUT2D eigenvalue weighted by Gasteiger charge is 2.32. The molecule has 3 heterocycles. The van der Waals surface area contributed by atoms with Gasteiger partial charge in [0.25, 0.3) is 0 Å². The van der Waals surface area contributed by atoms with Gasteiger partial charge in [0.2, 0.25) is 0 Å². The van der Waals surface area contributed by atoms with Crippen LogP contribution in [0.5, 0.6) is 0 Å². The molecule has 3 aliphatic heterocycles. The van der Waals surface area contributed by atoms with Crippen LogP contribution < -0.4 is 0 Å². The highest BCUT2D eigenvalue weighted by molar-refractivity contribution is 7.82. The molecule has 0 aromatic heterocycles. The predicted molar refractivity (Wildman–Crippen MR) is 385 cm³/mol. The second-order valence-electron chi connectivity index (χ2n) is 22.4. The minimum atomic E-state index is -3.83. The molecule has 0 aromatic carbocycles. The lowest BCUT2D eigenvalue weighted by Gasteiger charge is -2.04. The van der Waals surface area contributed by atoms with Gasteiger partial charge in [-0.3, -0.25) is 14.4 Å². The molecule has 3 atom stereocenters. The summed E-state index contributed by atoms with van der Waals surface area (Å²) in [7, 11) is -11.5. The zero-order valence-electron chi connectivity index (χ0n) is 56.8. The van der Waals surface area contributed by atoms with Crippen LogP contribution in [0.25, 0.3) is 0 Å². The number of hydrogen-bond donors (Lipinski definition) is 0. The maximum absolute atomic E-state index is 11.8. The van der Waals surface area contributed by atoms with E-state index in [-0.39, 0.29) is 37.2 Å². The largest absolute Gasteiger partial charge is 0.400 e. The van der Waals surface area contributed by atoms with Gasteiger partial charge in [0, 0.05) is 38.5 Å². The Morgan fingerprint density at radius 2 is 0.500 bits per heavy atom. The van der Waals surface area contributed by atoms with Crippen molar-refractivity contribution in [3.63, 3.8) is 0 Å². The second-order valence-corrected chi connectivity index (χ2v) is 26.1.